The molecule has 3 N–H and O–H groups in total. The molecule has 0 aliphatic carbocycles. The maximum Gasteiger partial charge on any atom is 0.251 e. The zero-order chi connectivity index (χ0) is 23.7. The third-order valence-electron chi connectivity index (χ3n) is 6.57. The van der Waals surface area contributed by atoms with Gasteiger partial charge in [-0.25, -0.2) is 0 Å². The van der Waals surface area contributed by atoms with Gasteiger partial charge in [0.25, 0.3) is 5.91 Å². The zero-order valence-corrected chi connectivity index (χ0v) is 18.6. The van der Waals surface area contributed by atoms with Crippen molar-refractivity contribution in [2.24, 2.45) is 0 Å². The SMILES string of the molecule is O=C(NC(Cc1ccc(O)cc1)C(=O)C1OC2CCCNC2C1=O)c1ccc2ccccc2c1. The molecule has 4 atom stereocenters. The number of Topliss-reactive ketones (excluding diaryl/α,β-unsaturated/α-hetero) is 2. The summed E-state index contributed by atoms with van der Waals surface area (Å²) >= 11 is 0. The molecule has 3 aromatic carbocycles. The number of ketones is 2. The molecule has 2 heterocycles. The summed E-state index contributed by atoms with van der Waals surface area (Å²) in [7, 11) is 0. The van der Waals surface area contributed by atoms with Gasteiger partial charge in [0.2, 0.25) is 0 Å². The van der Waals surface area contributed by atoms with Gasteiger partial charge in [-0.3, -0.25) is 14.4 Å². The summed E-state index contributed by atoms with van der Waals surface area (Å²) in [4.78, 5) is 39.6. The predicted molar refractivity (Wildman–Crippen MR) is 127 cm³/mol. The summed E-state index contributed by atoms with van der Waals surface area (Å²) in [6, 6.07) is 18.1. The number of hydrogen-bond acceptors (Lipinski definition) is 6. The molecule has 0 aromatic heterocycles. The summed E-state index contributed by atoms with van der Waals surface area (Å²) in [6.45, 7) is 0.715. The Labute approximate surface area is 197 Å². The van der Waals surface area contributed by atoms with Gasteiger partial charge in [0.1, 0.15) is 5.75 Å². The van der Waals surface area contributed by atoms with Crippen LogP contribution in [0.15, 0.2) is 66.7 Å². The lowest BCUT2D eigenvalue weighted by molar-refractivity contribution is -0.138. The number of benzene rings is 3. The van der Waals surface area contributed by atoms with Crippen LogP contribution >= 0.6 is 0 Å². The van der Waals surface area contributed by atoms with E-state index in [1.807, 2.05) is 30.3 Å². The van der Waals surface area contributed by atoms with Gasteiger partial charge in [-0.2, -0.15) is 0 Å². The molecule has 2 fully saturated rings. The normalized spacial score (nSPS) is 22.8. The number of hydrogen-bond donors (Lipinski definition) is 3. The minimum atomic E-state index is -1.21. The van der Waals surface area contributed by atoms with E-state index < -0.39 is 29.9 Å². The van der Waals surface area contributed by atoms with Gasteiger partial charge >= 0.3 is 0 Å². The fourth-order valence-corrected chi connectivity index (χ4v) is 4.75. The maximum absolute atomic E-state index is 13.5. The highest BCUT2D eigenvalue weighted by Crippen LogP contribution is 2.26. The van der Waals surface area contributed by atoms with E-state index in [9.17, 15) is 19.5 Å². The maximum atomic E-state index is 13.5. The van der Waals surface area contributed by atoms with E-state index in [1.54, 1.807) is 24.3 Å². The molecular weight excluding hydrogens is 432 g/mol. The fourth-order valence-electron chi connectivity index (χ4n) is 4.75. The van der Waals surface area contributed by atoms with Crippen LogP contribution in [0.3, 0.4) is 0 Å². The Balaban J connectivity index is 1.40. The summed E-state index contributed by atoms with van der Waals surface area (Å²) in [6.07, 6.45) is 0.249. The van der Waals surface area contributed by atoms with Crippen LogP contribution < -0.4 is 10.6 Å². The van der Waals surface area contributed by atoms with E-state index in [4.69, 9.17) is 4.74 Å². The van der Waals surface area contributed by atoms with Crippen LogP contribution in [0.4, 0.5) is 0 Å². The van der Waals surface area contributed by atoms with Crippen molar-refractivity contribution in [2.75, 3.05) is 6.54 Å². The Morgan fingerprint density at radius 2 is 1.82 bits per heavy atom. The Hall–Kier alpha value is -3.55. The van der Waals surface area contributed by atoms with E-state index in [2.05, 4.69) is 10.6 Å². The van der Waals surface area contributed by atoms with E-state index in [0.29, 0.717) is 12.1 Å². The summed E-state index contributed by atoms with van der Waals surface area (Å²) in [5.74, 6) is -1.02. The molecular formula is C27H26N2O5. The van der Waals surface area contributed by atoms with Gasteiger partial charge < -0.3 is 20.5 Å². The Morgan fingerprint density at radius 1 is 1.06 bits per heavy atom. The number of ether oxygens (including phenoxy) is 1. The smallest absolute Gasteiger partial charge is 0.251 e. The zero-order valence-electron chi connectivity index (χ0n) is 18.6. The van der Waals surface area contributed by atoms with Gasteiger partial charge in [0.15, 0.2) is 17.7 Å². The van der Waals surface area contributed by atoms with E-state index in [-0.39, 0.29) is 24.1 Å². The first-order valence-electron chi connectivity index (χ1n) is 11.5. The van der Waals surface area contributed by atoms with Crippen molar-refractivity contribution in [2.45, 2.75) is 43.6 Å². The van der Waals surface area contributed by atoms with Crippen LogP contribution in [-0.2, 0) is 20.7 Å². The van der Waals surface area contributed by atoms with Crippen LogP contribution in [0.5, 0.6) is 5.75 Å². The van der Waals surface area contributed by atoms with Crippen LogP contribution in [0.25, 0.3) is 10.8 Å². The highest BCUT2D eigenvalue weighted by atomic mass is 16.5. The molecule has 2 aliphatic rings. The van der Waals surface area contributed by atoms with Crippen LogP contribution in [-0.4, -0.2) is 53.4 Å². The van der Waals surface area contributed by atoms with Crippen molar-refractivity contribution in [3.8, 4) is 5.75 Å². The molecule has 4 unspecified atom stereocenters. The average Bonchev–Trinajstić information content (AvgIpc) is 3.20. The lowest BCUT2D eigenvalue weighted by Gasteiger charge is -2.23. The second-order valence-corrected chi connectivity index (χ2v) is 8.89. The molecule has 5 rings (SSSR count). The number of aromatic hydroxyl groups is 1. The molecule has 174 valence electrons. The lowest BCUT2D eigenvalue weighted by Crippen LogP contribution is -2.50. The number of rotatable bonds is 6. The molecule has 2 saturated heterocycles. The standard InChI is InChI=1S/C27H26N2O5/c30-20-11-7-16(8-12-20)14-21(24(31)26-25(32)23-22(34-26)6-3-13-28-23)29-27(33)19-10-9-17-4-1-2-5-18(17)15-19/h1-2,4-5,7-12,15,21-23,26,28,30H,3,6,13-14H2,(H,29,33). The van der Waals surface area contributed by atoms with Gasteiger partial charge in [-0.05, 0) is 66.4 Å². The van der Waals surface area contributed by atoms with E-state index in [1.165, 1.54) is 12.1 Å². The first-order chi connectivity index (χ1) is 16.5. The highest BCUT2D eigenvalue weighted by molar-refractivity contribution is 6.12. The number of carbonyl (C=O) groups excluding carboxylic acids is 3. The largest absolute Gasteiger partial charge is 0.508 e. The summed E-state index contributed by atoms with van der Waals surface area (Å²) < 4.78 is 5.87. The number of phenolic OH excluding ortho intramolecular Hbond substituents is 1. The minimum absolute atomic E-state index is 0.108. The number of piperidine rings is 1. The monoisotopic (exact) mass is 458 g/mol. The van der Waals surface area contributed by atoms with Gasteiger partial charge in [-0.1, -0.05) is 42.5 Å². The van der Waals surface area contributed by atoms with Crippen LogP contribution in [0.1, 0.15) is 28.8 Å². The van der Waals surface area contributed by atoms with E-state index in [0.717, 1.165) is 29.2 Å². The van der Waals surface area contributed by atoms with Crippen molar-refractivity contribution in [3.63, 3.8) is 0 Å². The van der Waals surface area contributed by atoms with Crippen molar-refractivity contribution in [1.82, 2.24) is 10.6 Å². The Kier molecular flexibility index (Phi) is 6.13. The molecule has 2 aliphatic heterocycles. The summed E-state index contributed by atoms with van der Waals surface area (Å²) in [5.41, 5.74) is 1.17. The third kappa shape index (κ3) is 4.44. The first-order valence-corrected chi connectivity index (χ1v) is 11.5. The number of phenols is 1. The predicted octanol–water partition coefficient (Wildman–Crippen LogP) is 2.54. The lowest BCUT2D eigenvalue weighted by atomic mass is 9.93. The summed E-state index contributed by atoms with van der Waals surface area (Å²) in [5, 5.41) is 17.5. The number of nitrogens with one attached hydrogen (secondary N) is 2. The second kappa shape index (κ2) is 9.37. The number of amides is 1. The molecule has 7 heteroatoms. The van der Waals surface area contributed by atoms with Gasteiger partial charge in [-0.15, -0.1) is 0 Å². The second-order valence-electron chi connectivity index (χ2n) is 8.89. The minimum Gasteiger partial charge on any atom is -0.508 e. The Bertz CT molecular complexity index is 1240. The van der Waals surface area contributed by atoms with Gasteiger partial charge in [0, 0.05) is 5.56 Å². The van der Waals surface area contributed by atoms with E-state index >= 15 is 0 Å². The number of carbonyl (C=O) groups is 3. The van der Waals surface area contributed by atoms with Crippen molar-refractivity contribution in [1.29, 1.82) is 0 Å². The van der Waals surface area contributed by atoms with Crippen molar-refractivity contribution in [3.05, 3.63) is 77.9 Å². The third-order valence-corrected chi connectivity index (χ3v) is 6.57. The van der Waals surface area contributed by atoms with Crippen LogP contribution in [0.2, 0.25) is 0 Å². The van der Waals surface area contributed by atoms with Gasteiger partial charge in [0.05, 0.1) is 18.2 Å². The van der Waals surface area contributed by atoms with Crippen LogP contribution in [0, 0.1) is 0 Å². The first kappa shape index (κ1) is 22.3. The average molecular weight is 459 g/mol. The number of fused-ring (bicyclic) bond motifs is 2. The quantitative estimate of drug-likeness (QED) is 0.491. The highest BCUT2D eigenvalue weighted by Gasteiger charge is 2.49. The topological polar surface area (TPSA) is 105 Å². The molecule has 7 nitrogen and oxygen atoms in total. The van der Waals surface area contributed by atoms with Crippen molar-refractivity contribution < 1.29 is 24.2 Å². The molecule has 0 bridgehead atoms. The molecule has 0 saturated carbocycles. The molecule has 3 aromatic rings. The molecule has 1 amide bonds. The fraction of sp³-hybridized carbons (Fsp3) is 0.296. The van der Waals surface area contributed by atoms with Crippen molar-refractivity contribution >= 4 is 28.2 Å². The molecule has 0 spiro atoms. The molecule has 34 heavy (non-hydrogen) atoms. The Morgan fingerprint density at radius 3 is 2.59 bits per heavy atom. The molecule has 0 radical (unpaired) electrons.